The number of thiophene rings is 1. The van der Waals surface area contributed by atoms with E-state index >= 15 is 0 Å². The lowest BCUT2D eigenvalue weighted by molar-refractivity contribution is 1.30. The lowest BCUT2D eigenvalue weighted by Crippen LogP contribution is -2.10. The van der Waals surface area contributed by atoms with Gasteiger partial charge in [-0.25, -0.2) is 0 Å². The molecule has 0 spiro atoms. The Labute approximate surface area is 284 Å². The molecule has 0 fully saturated rings. The van der Waals surface area contributed by atoms with Gasteiger partial charge in [0.05, 0.1) is 5.69 Å². The van der Waals surface area contributed by atoms with E-state index in [0.717, 1.165) is 11.4 Å². The molecular formula is C46H31NS. The lowest BCUT2D eigenvalue weighted by Gasteiger charge is -2.27. The largest absolute Gasteiger partial charge is 0.310 e. The molecule has 0 N–H and O–H groups in total. The molecular weight excluding hydrogens is 599 g/mol. The zero-order chi connectivity index (χ0) is 31.9. The van der Waals surface area contributed by atoms with Crippen LogP contribution in [0.4, 0.5) is 17.1 Å². The molecule has 1 heterocycles. The summed E-state index contributed by atoms with van der Waals surface area (Å²) >= 11 is 1.89. The minimum Gasteiger partial charge on any atom is -0.310 e. The molecule has 0 amide bonds. The highest BCUT2D eigenvalue weighted by molar-refractivity contribution is 7.26. The summed E-state index contributed by atoms with van der Waals surface area (Å²) < 4.78 is 2.63. The van der Waals surface area contributed by atoms with Gasteiger partial charge in [-0.15, -0.1) is 11.3 Å². The fraction of sp³-hybridized carbons (Fsp3) is 0. The van der Waals surface area contributed by atoms with Gasteiger partial charge in [-0.1, -0.05) is 146 Å². The van der Waals surface area contributed by atoms with Crippen molar-refractivity contribution in [2.24, 2.45) is 0 Å². The van der Waals surface area contributed by atoms with Crippen LogP contribution in [0.15, 0.2) is 188 Å². The third-order valence-electron chi connectivity index (χ3n) is 9.25. The first kappa shape index (κ1) is 28.3. The molecule has 0 radical (unpaired) electrons. The average Bonchev–Trinajstić information content (AvgIpc) is 3.54. The molecule has 1 aromatic heterocycles. The van der Waals surface area contributed by atoms with Crippen LogP contribution < -0.4 is 4.90 Å². The van der Waals surface area contributed by atoms with Crippen LogP contribution in [0.1, 0.15) is 0 Å². The van der Waals surface area contributed by atoms with Crippen molar-refractivity contribution in [2.75, 3.05) is 4.90 Å². The van der Waals surface area contributed by atoms with Gasteiger partial charge in [0, 0.05) is 42.3 Å². The molecule has 0 saturated heterocycles. The Bertz CT molecular complexity index is 2530. The van der Waals surface area contributed by atoms with Crippen LogP contribution in [-0.4, -0.2) is 0 Å². The predicted molar refractivity (Wildman–Crippen MR) is 208 cm³/mol. The second-order valence-corrected chi connectivity index (χ2v) is 13.2. The van der Waals surface area contributed by atoms with Gasteiger partial charge in [-0.05, 0) is 75.8 Å². The highest BCUT2D eigenvalue weighted by Gasteiger charge is 2.20. The maximum Gasteiger partial charge on any atom is 0.0547 e. The molecule has 48 heavy (non-hydrogen) atoms. The molecule has 0 saturated carbocycles. The van der Waals surface area contributed by atoms with Crippen LogP contribution in [0.25, 0.3) is 64.3 Å². The van der Waals surface area contributed by atoms with E-state index in [1.807, 2.05) is 11.3 Å². The summed E-state index contributed by atoms with van der Waals surface area (Å²) in [6.07, 6.45) is 0. The minimum atomic E-state index is 1.12. The summed E-state index contributed by atoms with van der Waals surface area (Å²) in [5.74, 6) is 0. The van der Waals surface area contributed by atoms with E-state index in [1.54, 1.807) is 0 Å². The SMILES string of the molecule is c1ccc(-c2ccc(-c3cccc(N(c4ccccc4)c4cc5c6cc(-c7ccccc7)ccc6sc5c5ccccc45)c3)cc2)cc1. The van der Waals surface area contributed by atoms with Crippen LogP contribution in [0.2, 0.25) is 0 Å². The number of hydrogen-bond acceptors (Lipinski definition) is 2. The van der Waals surface area contributed by atoms with E-state index < -0.39 is 0 Å². The van der Waals surface area contributed by atoms with Crippen molar-refractivity contribution >= 4 is 59.3 Å². The number of anilines is 3. The molecule has 9 rings (SSSR count). The molecule has 0 unspecified atom stereocenters. The Balaban J connectivity index is 1.23. The minimum absolute atomic E-state index is 1.12. The zero-order valence-corrected chi connectivity index (χ0v) is 27.1. The van der Waals surface area contributed by atoms with Crippen molar-refractivity contribution in [2.45, 2.75) is 0 Å². The second-order valence-electron chi connectivity index (χ2n) is 12.2. The number of para-hydroxylation sites is 1. The van der Waals surface area contributed by atoms with E-state index in [9.17, 15) is 0 Å². The molecule has 0 atom stereocenters. The van der Waals surface area contributed by atoms with Crippen molar-refractivity contribution in [3.05, 3.63) is 188 Å². The number of benzene rings is 8. The summed E-state index contributed by atoms with van der Waals surface area (Å²) in [6.45, 7) is 0. The maximum absolute atomic E-state index is 2.42. The van der Waals surface area contributed by atoms with Crippen LogP contribution in [0.3, 0.4) is 0 Å². The van der Waals surface area contributed by atoms with E-state index in [-0.39, 0.29) is 0 Å². The average molecular weight is 630 g/mol. The molecule has 226 valence electrons. The summed E-state index contributed by atoms with van der Waals surface area (Å²) in [6, 6.07) is 68.1. The topological polar surface area (TPSA) is 3.24 Å². The molecule has 0 aliphatic heterocycles. The third-order valence-corrected chi connectivity index (χ3v) is 10.5. The van der Waals surface area contributed by atoms with Crippen molar-refractivity contribution in [1.82, 2.24) is 0 Å². The molecule has 8 aromatic carbocycles. The van der Waals surface area contributed by atoms with Crippen LogP contribution in [-0.2, 0) is 0 Å². The quantitative estimate of drug-likeness (QED) is 0.177. The van der Waals surface area contributed by atoms with Crippen LogP contribution >= 0.6 is 11.3 Å². The number of fused-ring (bicyclic) bond motifs is 5. The van der Waals surface area contributed by atoms with Gasteiger partial charge in [-0.3, -0.25) is 0 Å². The summed E-state index contributed by atoms with van der Waals surface area (Å²) in [5, 5.41) is 5.10. The Hall–Kier alpha value is -5.96. The lowest BCUT2D eigenvalue weighted by atomic mass is 9.98. The third kappa shape index (κ3) is 5.04. The van der Waals surface area contributed by atoms with Crippen molar-refractivity contribution in [3.8, 4) is 33.4 Å². The Morgan fingerprint density at radius 2 is 0.812 bits per heavy atom. The van der Waals surface area contributed by atoms with Gasteiger partial charge in [-0.2, -0.15) is 0 Å². The highest BCUT2D eigenvalue weighted by Crippen LogP contribution is 2.47. The first-order valence-electron chi connectivity index (χ1n) is 16.3. The Morgan fingerprint density at radius 1 is 0.312 bits per heavy atom. The Morgan fingerprint density at radius 3 is 1.52 bits per heavy atom. The maximum atomic E-state index is 2.42. The Kier molecular flexibility index (Phi) is 7.07. The van der Waals surface area contributed by atoms with E-state index in [0.29, 0.717) is 0 Å². The van der Waals surface area contributed by atoms with Gasteiger partial charge < -0.3 is 4.90 Å². The number of hydrogen-bond donors (Lipinski definition) is 0. The second kappa shape index (κ2) is 12.0. The molecule has 0 aliphatic rings. The first-order chi connectivity index (χ1) is 23.8. The summed E-state index contributed by atoms with van der Waals surface area (Å²) in [5.41, 5.74) is 10.7. The molecule has 0 bridgehead atoms. The van der Waals surface area contributed by atoms with E-state index in [2.05, 4.69) is 193 Å². The molecule has 1 nitrogen and oxygen atoms in total. The van der Waals surface area contributed by atoms with Gasteiger partial charge in [0.1, 0.15) is 0 Å². The zero-order valence-electron chi connectivity index (χ0n) is 26.3. The highest BCUT2D eigenvalue weighted by atomic mass is 32.1. The molecule has 2 heteroatoms. The predicted octanol–water partition coefficient (Wildman–Crippen LogP) is 13.7. The number of rotatable bonds is 6. The van der Waals surface area contributed by atoms with E-state index in [4.69, 9.17) is 0 Å². The smallest absolute Gasteiger partial charge is 0.0547 e. The van der Waals surface area contributed by atoms with Gasteiger partial charge in [0.2, 0.25) is 0 Å². The number of nitrogens with zero attached hydrogens (tertiary/aromatic N) is 1. The first-order valence-corrected chi connectivity index (χ1v) is 17.2. The summed E-state index contributed by atoms with van der Waals surface area (Å²) in [4.78, 5) is 2.42. The van der Waals surface area contributed by atoms with Crippen molar-refractivity contribution in [1.29, 1.82) is 0 Å². The van der Waals surface area contributed by atoms with Crippen LogP contribution in [0, 0.1) is 0 Å². The normalized spacial score (nSPS) is 11.3. The van der Waals surface area contributed by atoms with Crippen molar-refractivity contribution < 1.29 is 0 Å². The molecule has 9 aromatic rings. The molecule has 0 aliphatic carbocycles. The van der Waals surface area contributed by atoms with Gasteiger partial charge >= 0.3 is 0 Å². The standard InChI is InChI=1S/C46H31NS/c1-4-13-32(14-5-1)34-23-25-35(26-24-34)36-17-12-20-39(29-36)47(38-18-8-3-9-19-38)44-31-43-42-30-37(33-15-6-2-7-16-33)27-28-45(42)48-46(43)41-22-11-10-21-40(41)44/h1-31H. The van der Waals surface area contributed by atoms with Crippen LogP contribution in [0.5, 0.6) is 0 Å². The fourth-order valence-electron chi connectivity index (χ4n) is 6.89. The monoisotopic (exact) mass is 629 g/mol. The fourth-order valence-corrected chi connectivity index (χ4v) is 8.09. The van der Waals surface area contributed by atoms with E-state index in [1.165, 1.54) is 70.0 Å². The van der Waals surface area contributed by atoms with Crippen molar-refractivity contribution in [3.63, 3.8) is 0 Å². The van der Waals surface area contributed by atoms with Gasteiger partial charge in [0.25, 0.3) is 0 Å². The van der Waals surface area contributed by atoms with Gasteiger partial charge in [0.15, 0.2) is 0 Å². The summed E-state index contributed by atoms with van der Waals surface area (Å²) in [7, 11) is 0.